The van der Waals surface area contributed by atoms with Gasteiger partial charge in [0, 0.05) is 18.3 Å². The monoisotopic (exact) mass is 306 g/mol. The molecule has 1 aromatic rings. The van der Waals surface area contributed by atoms with Crippen LogP contribution in [0.25, 0.3) is 0 Å². The zero-order valence-electron chi connectivity index (χ0n) is 13.1. The molecule has 0 spiro atoms. The third kappa shape index (κ3) is 2.52. The van der Waals surface area contributed by atoms with Crippen molar-refractivity contribution in [1.29, 1.82) is 0 Å². The molecular weight excluding hydrogens is 284 g/mol. The van der Waals surface area contributed by atoms with Gasteiger partial charge in [-0.2, -0.15) is 0 Å². The van der Waals surface area contributed by atoms with Crippen LogP contribution >= 0.6 is 0 Å². The normalized spacial score (nSPS) is 23.9. The van der Waals surface area contributed by atoms with Crippen LogP contribution in [0.15, 0.2) is 17.1 Å². The number of rotatable bonds is 4. The Morgan fingerprint density at radius 1 is 1.41 bits per heavy atom. The minimum Gasteiger partial charge on any atom is -0.487 e. The van der Waals surface area contributed by atoms with Gasteiger partial charge >= 0.3 is 0 Å². The fourth-order valence-electron chi connectivity index (χ4n) is 3.03. The number of carbonyl (C=O) groups excluding carboxylic acids is 1. The molecule has 1 fully saturated rings. The van der Waals surface area contributed by atoms with E-state index in [1.54, 1.807) is 15.7 Å². The van der Waals surface area contributed by atoms with Crippen molar-refractivity contribution in [3.63, 3.8) is 0 Å². The summed E-state index contributed by atoms with van der Waals surface area (Å²) in [6, 6.07) is 1.57. The lowest BCUT2D eigenvalue weighted by molar-refractivity contribution is -0.112. The number of carbonyl (C=O) groups is 1. The van der Waals surface area contributed by atoms with E-state index in [2.05, 4.69) is 6.92 Å². The van der Waals surface area contributed by atoms with Gasteiger partial charge in [0.25, 0.3) is 5.91 Å². The number of aromatic nitrogens is 1. The molecule has 6 nitrogen and oxygen atoms in total. The van der Waals surface area contributed by atoms with E-state index in [-0.39, 0.29) is 29.4 Å². The molecule has 1 amide bonds. The van der Waals surface area contributed by atoms with E-state index in [0.717, 1.165) is 19.3 Å². The summed E-state index contributed by atoms with van der Waals surface area (Å²) in [6.07, 6.45) is 4.04. The van der Waals surface area contributed by atoms with Crippen molar-refractivity contribution >= 4 is 5.91 Å². The molecule has 0 aliphatic carbocycles. The van der Waals surface area contributed by atoms with Crippen LogP contribution in [0.1, 0.15) is 43.6 Å². The van der Waals surface area contributed by atoms with Crippen LogP contribution in [-0.4, -0.2) is 40.9 Å². The fourth-order valence-corrected chi connectivity index (χ4v) is 3.03. The van der Waals surface area contributed by atoms with Gasteiger partial charge in [-0.25, -0.2) is 0 Å². The number of amides is 1. The van der Waals surface area contributed by atoms with Crippen molar-refractivity contribution < 1.29 is 14.3 Å². The lowest BCUT2D eigenvalue weighted by atomic mass is 10.1. The molecular formula is C16H22N2O4. The molecule has 6 heteroatoms. The van der Waals surface area contributed by atoms with Gasteiger partial charge in [0.1, 0.15) is 0 Å². The van der Waals surface area contributed by atoms with Gasteiger partial charge in [-0.05, 0) is 19.8 Å². The highest BCUT2D eigenvalue weighted by molar-refractivity contribution is 5.96. The van der Waals surface area contributed by atoms with E-state index >= 15 is 0 Å². The van der Waals surface area contributed by atoms with Gasteiger partial charge in [-0.1, -0.05) is 13.3 Å². The Morgan fingerprint density at radius 3 is 3.00 bits per heavy atom. The summed E-state index contributed by atoms with van der Waals surface area (Å²) < 4.78 is 13.1. The highest BCUT2D eigenvalue weighted by atomic mass is 16.5. The zero-order valence-corrected chi connectivity index (χ0v) is 13.1. The Hall–Kier alpha value is -1.82. The summed E-state index contributed by atoms with van der Waals surface area (Å²) in [6.45, 7) is 5.72. The number of unbranched alkanes of at least 4 members (excludes halogenated alkanes) is 1. The van der Waals surface area contributed by atoms with Crippen LogP contribution < -0.4 is 10.2 Å². The molecule has 1 aromatic heterocycles. The molecule has 120 valence electrons. The molecule has 22 heavy (non-hydrogen) atoms. The van der Waals surface area contributed by atoms with E-state index in [9.17, 15) is 9.59 Å². The molecule has 1 saturated heterocycles. The van der Waals surface area contributed by atoms with Gasteiger partial charge in [-0.15, -0.1) is 0 Å². The Bertz CT molecular complexity index is 625. The summed E-state index contributed by atoms with van der Waals surface area (Å²) >= 11 is 0. The first-order valence-electron chi connectivity index (χ1n) is 7.94. The van der Waals surface area contributed by atoms with Gasteiger partial charge < -0.3 is 18.9 Å². The maximum Gasteiger partial charge on any atom is 0.276 e. The second-order valence-corrected chi connectivity index (χ2v) is 5.89. The maximum atomic E-state index is 12.9. The zero-order chi connectivity index (χ0) is 15.7. The number of hydrogen-bond donors (Lipinski definition) is 0. The SMILES string of the molecule is CCCCOc1c2n(ccc1=O)C[C@@H]1OCC[C@@H](C)N1C2=O. The molecule has 0 N–H and O–H groups in total. The van der Waals surface area contributed by atoms with E-state index < -0.39 is 0 Å². The number of pyridine rings is 1. The summed E-state index contributed by atoms with van der Waals surface area (Å²) in [7, 11) is 0. The first-order valence-corrected chi connectivity index (χ1v) is 7.94. The van der Waals surface area contributed by atoms with Gasteiger partial charge in [0.15, 0.2) is 17.7 Å². The summed E-state index contributed by atoms with van der Waals surface area (Å²) in [4.78, 5) is 26.7. The van der Waals surface area contributed by atoms with Gasteiger partial charge in [0.2, 0.25) is 5.43 Å². The smallest absolute Gasteiger partial charge is 0.276 e. The van der Waals surface area contributed by atoms with Crippen LogP contribution in [0.2, 0.25) is 0 Å². The van der Waals surface area contributed by atoms with Gasteiger partial charge in [0.05, 0.1) is 19.8 Å². The fraction of sp³-hybridized carbons (Fsp3) is 0.625. The van der Waals surface area contributed by atoms with Crippen LogP contribution in [-0.2, 0) is 11.3 Å². The lowest BCUT2D eigenvalue weighted by Crippen LogP contribution is -2.56. The van der Waals surface area contributed by atoms with Crippen LogP contribution in [0.4, 0.5) is 0 Å². The van der Waals surface area contributed by atoms with Crippen molar-refractivity contribution in [2.75, 3.05) is 13.2 Å². The summed E-state index contributed by atoms with van der Waals surface area (Å²) in [5.74, 6) is 0.00446. The Balaban J connectivity index is 1.99. The average Bonchev–Trinajstić information content (AvgIpc) is 2.50. The molecule has 2 aliphatic heterocycles. The minimum atomic E-state index is -0.255. The van der Waals surface area contributed by atoms with Crippen molar-refractivity contribution in [3.05, 3.63) is 28.2 Å². The van der Waals surface area contributed by atoms with Gasteiger partial charge in [-0.3, -0.25) is 9.59 Å². The van der Waals surface area contributed by atoms with E-state index in [1.165, 1.54) is 6.07 Å². The van der Waals surface area contributed by atoms with E-state index in [0.29, 0.717) is 25.5 Å². The Labute approximate surface area is 129 Å². The van der Waals surface area contributed by atoms with Crippen molar-refractivity contribution in [2.24, 2.45) is 0 Å². The number of hydrogen-bond acceptors (Lipinski definition) is 4. The van der Waals surface area contributed by atoms with Crippen molar-refractivity contribution in [1.82, 2.24) is 9.47 Å². The summed E-state index contributed by atoms with van der Waals surface area (Å²) in [5.41, 5.74) is 0.122. The highest BCUT2D eigenvalue weighted by Crippen LogP contribution is 2.29. The van der Waals surface area contributed by atoms with E-state index in [4.69, 9.17) is 9.47 Å². The predicted octanol–water partition coefficient (Wildman–Crippen LogP) is 1.62. The van der Waals surface area contributed by atoms with Crippen LogP contribution in [0, 0.1) is 0 Å². The van der Waals surface area contributed by atoms with Crippen molar-refractivity contribution in [3.8, 4) is 5.75 Å². The molecule has 2 atom stereocenters. The molecule has 0 radical (unpaired) electrons. The molecule has 0 unspecified atom stereocenters. The highest BCUT2D eigenvalue weighted by Gasteiger charge is 2.40. The third-order valence-electron chi connectivity index (χ3n) is 4.30. The second-order valence-electron chi connectivity index (χ2n) is 5.89. The average molecular weight is 306 g/mol. The summed E-state index contributed by atoms with van der Waals surface area (Å²) in [5, 5.41) is 0. The second kappa shape index (κ2) is 6.12. The molecule has 0 saturated carbocycles. The standard InChI is InChI=1S/C16H22N2O4/c1-3-4-8-22-15-12(19)5-7-17-10-13-18(16(20)14(15)17)11(2)6-9-21-13/h5,7,11,13H,3-4,6,8-10H2,1-2H3/t11-,13+/m1/s1. The van der Waals surface area contributed by atoms with Crippen molar-refractivity contribution in [2.45, 2.75) is 51.9 Å². The number of nitrogens with zero attached hydrogens (tertiary/aromatic N) is 2. The maximum absolute atomic E-state index is 12.9. The molecule has 0 bridgehead atoms. The quantitative estimate of drug-likeness (QED) is 0.793. The topological polar surface area (TPSA) is 60.8 Å². The van der Waals surface area contributed by atoms with Crippen LogP contribution in [0.3, 0.4) is 0 Å². The lowest BCUT2D eigenvalue weighted by Gasteiger charge is -2.44. The Morgan fingerprint density at radius 2 is 2.23 bits per heavy atom. The molecule has 0 aromatic carbocycles. The molecule has 2 aliphatic rings. The van der Waals surface area contributed by atoms with Crippen LogP contribution in [0.5, 0.6) is 5.75 Å². The first-order chi connectivity index (χ1) is 10.6. The number of fused-ring (bicyclic) bond motifs is 2. The van der Waals surface area contributed by atoms with E-state index in [1.807, 2.05) is 6.92 Å². The molecule has 3 rings (SSSR count). The minimum absolute atomic E-state index is 0.110. The number of ether oxygens (including phenoxy) is 2. The third-order valence-corrected chi connectivity index (χ3v) is 4.30. The Kier molecular flexibility index (Phi) is 4.20. The molecule has 3 heterocycles. The predicted molar refractivity (Wildman–Crippen MR) is 81.1 cm³/mol. The largest absolute Gasteiger partial charge is 0.487 e. The first kappa shape index (κ1) is 15.1.